The molecule has 0 aliphatic rings. The van der Waals surface area contributed by atoms with Crippen LogP contribution >= 0.6 is 0 Å². The summed E-state index contributed by atoms with van der Waals surface area (Å²) in [6.45, 7) is 8.08. The third kappa shape index (κ3) is 17.2. The standard InChI is InChI=1S/C30H54N4O7/c1-7-9-11-13-15-17-28(36)39-23-26(41-29(37)18-16-14-12-10-8-2)22-34-21-25(31-32-34)19-20-27(35)30(3,4)40-24-33(5)38-6/h21,26H,7-20,22-24H2,1-6H3. The van der Waals surface area contributed by atoms with Crippen LogP contribution in [0.4, 0.5) is 0 Å². The maximum Gasteiger partial charge on any atom is 0.306 e. The molecule has 11 nitrogen and oxygen atoms in total. The Morgan fingerprint density at radius 1 is 0.927 bits per heavy atom. The van der Waals surface area contributed by atoms with Gasteiger partial charge in [-0.25, -0.2) is 4.68 Å². The maximum absolute atomic E-state index is 12.7. The number of nitrogens with zero attached hydrogens (tertiary/aromatic N) is 4. The fraction of sp³-hybridized carbons (Fsp3) is 0.833. The summed E-state index contributed by atoms with van der Waals surface area (Å²) in [5.74, 6) is -0.667. The van der Waals surface area contributed by atoms with Gasteiger partial charge in [0.25, 0.3) is 0 Å². The van der Waals surface area contributed by atoms with E-state index in [1.807, 2.05) is 0 Å². The molecule has 1 unspecified atom stereocenters. The number of esters is 2. The van der Waals surface area contributed by atoms with E-state index in [2.05, 4.69) is 24.2 Å². The molecule has 1 heterocycles. The van der Waals surface area contributed by atoms with Crippen molar-refractivity contribution in [1.82, 2.24) is 20.1 Å². The highest BCUT2D eigenvalue weighted by atomic mass is 16.7. The van der Waals surface area contributed by atoms with Gasteiger partial charge in [0, 0.05) is 38.9 Å². The maximum atomic E-state index is 12.7. The van der Waals surface area contributed by atoms with Crippen LogP contribution in [0.2, 0.25) is 0 Å². The average Bonchev–Trinajstić information content (AvgIpc) is 3.40. The zero-order chi connectivity index (χ0) is 30.5. The summed E-state index contributed by atoms with van der Waals surface area (Å²) in [7, 11) is 3.24. The Kier molecular flexibility index (Phi) is 19.1. The van der Waals surface area contributed by atoms with Crippen molar-refractivity contribution in [2.24, 2.45) is 0 Å². The van der Waals surface area contributed by atoms with Crippen LogP contribution in [-0.4, -0.2) is 77.0 Å². The summed E-state index contributed by atoms with van der Waals surface area (Å²) in [5.41, 5.74) is -0.341. The molecule has 0 N–H and O–H groups in total. The Hall–Kier alpha value is -2.37. The van der Waals surface area contributed by atoms with Crippen LogP contribution in [0.25, 0.3) is 0 Å². The summed E-state index contributed by atoms with van der Waals surface area (Å²) in [4.78, 5) is 42.5. The molecule has 1 rings (SSSR count). The highest BCUT2D eigenvalue weighted by Crippen LogP contribution is 2.16. The number of ether oxygens (including phenoxy) is 3. The molecule has 1 atom stereocenters. The van der Waals surface area contributed by atoms with Gasteiger partial charge in [-0.05, 0) is 26.7 Å². The van der Waals surface area contributed by atoms with E-state index in [-0.39, 0.29) is 44.0 Å². The van der Waals surface area contributed by atoms with E-state index in [4.69, 9.17) is 19.0 Å². The fourth-order valence-electron chi connectivity index (χ4n) is 4.05. The number of aryl methyl sites for hydroxylation is 1. The average molecular weight is 583 g/mol. The number of rotatable bonds is 25. The fourth-order valence-corrected chi connectivity index (χ4v) is 4.05. The summed E-state index contributed by atoms with van der Waals surface area (Å²) in [6.07, 6.45) is 12.7. The minimum atomic E-state index is -0.974. The number of hydroxylamine groups is 2. The molecule has 0 amide bonds. The number of carbonyl (C=O) groups excluding carboxylic acids is 3. The molecule has 0 radical (unpaired) electrons. The molecule has 0 spiro atoms. The van der Waals surface area contributed by atoms with Gasteiger partial charge in [-0.1, -0.05) is 70.4 Å². The largest absolute Gasteiger partial charge is 0.462 e. The van der Waals surface area contributed by atoms with Gasteiger partial charge >= 0.3 is 11.9 Å². The number of aromatic nitrogens is 3. The third-order valence-corrected chi connectivity index (χ3v) is 6.87. The molecule has 236 valence electrons. The SMILES string of the molecule is CCCCCCCC(=O)OCC(Cn1cc(CCC(=O)C(C)(C)OCN(C)OC)nn1)OC(=O)CCCCCCC. The van der Waals surface area contributed by atoms with Gasteiger partial charge in [0.05, 0.1) is 19.3 Å². The van der Waals surface area contributed by atoms with Gasteiger partial charge in [-0.15, -0.1) is 5.10 Å². The molecule has 1 aromatic rings. The van der Waals surface area contributed by atoms with Crippen molar-refractivity contribution in [1.29, 1.82) is 0 Å². The number of ketones is 1. The Balaban J connectivity index is 2.66. The van der Waals surface area contributed by atoms with E-state index in [1.54, 1.807) is 31.8 Å². The highest BCUT2D eigenvalue weighted by molar-refractivity contribution is 5.86. The summed E-state index contributed by atoms with van der Waals surface area (Å²) >= 11 is 0. The summed E-state index contributed by atoms with van der Waals surface area (Å²) < 4.78 is 18.4. The van der Waals surface area contributed by atoms with Gasteiger partial charge < -0.3 is 19.0 Å². The molecule has 0 saturated carbocycles. The molecule has 0 aromatic carbocycles. The van der Waals surface area contributed by atoms with Gasteiger partial charge in [0.2, 0.25) is 0 Å². The third-order valence-electron chi connectivity index (χ3n) is 6.87. The molecule has 0 bridgehead atoms. The molecule has 41 heavy (non-hydrogen) atoms. The second-order valence-electron chi connectivity index (χ2n) is 11.1. The van der Waals surface area contributed by atoms with Crippen molar-refractivity contribution in [3.63, 3.8) is 0 Å². The van der Waals surface area contributed by atoms with Crippen molar-refractivity contribution in [2.75, 3.05) is 27.5 Å². The van der Waals surface area contributed by atoms with E-state index < -0.39 is 11.7 Å². The lowest BCUT2D eigenvalue weighted by atomic mass is 9.99. The topological polar surface area (TPSA) is 122 Å². The second-order valence-corrected chi connectivity index (χ2v) is 11.1. The van der Waals surface area contributed by atoms with E-state index in [9.17, 15) is 14.4 Å². The monoisotopic (exact) mass is 582 g/mol. The minimum absolute atomic E-state index is 0.0372. The van der Waals surface area contributed by atoms with Crippen LogP contribution in [0, 0.1) is 0 Å². The van der Waals surface area contributed by atoms with Crippen molar-refractivity contribution in [2.45, 2.75) is 136 Å². The first-order valence-electron chi connectivity index (χ1n) is 15.3. The predicted octanol–water partition coefficient (Wildman–Crippen LogP) is 5.20. The minimum Gasteiger partial charge on any atom is -0.462 e. The second kappa shape index (κ2) is 21.4. The normalized spacial score (nSPS) is 12.5. The summed E-state index contributed by atoms with van der Waals surface area (Å²) in [6, 6.07) is 0. The predicted molar refractivity (Wildman–Crippen MR) is 156 cm³/mol. The molecule has 0 aliphatic carbocycles. The molecule has 1 aromatic heterocycles. The zero-order valence-electron chi connectivity index (χ0n) is 26.3. The van der Waals surface area contributed by atoms with E-state index in [0.717, 1.165) is 64.2 Å². The first kappa shape index (κ1) is 36.7. The number of hydrogen-bond donors (Lipinski definition) is 0. The van der Waals surface area contributed by atoms with Crippen molar-refractivity contribution >= 4 is 17.7 Å². The molecule has 0 aliphatic heterocycles. The molecule has 0 saturated heterocycles. The van der Waals surface area contributed by atoms with Gasteiger partial charge in [0.1, 0.15) is 18.9 Å². The molecular weight excluding hydrogens is 528 g/mol. The molecular formula is C30H54N4O7. The van der Waals surface area contributed by atoms with Crippen LogP contribution in [0.15, 0.2) is 6.20 Å². The van der Waals surface area contributed by atoms with Crippen molar-refractivity contribution < 1.29 is 33.4 Å². The van der Waals surface area contributed by atoms with E-state index in [0.29, 0.717) is 25.0 Å². The van der Waals surface area contributed by atoms with Crippen LogP contribution < -0.4 is 0 Å². The Morgan fingerprint density at radius 2 is 1.54 bits per heavy atom. The zero-order valence-corrected chi connectivity index (χ0v) is 26.3. The lowest BCUT2D eigenvalue weighted by Gasteiger charge is -2.26. The van der Waals surface area contributed by atoms with Crippen LogP contribution in [0.5, 0.6) is 0 Å². The quantitative estimate of drug-likeness (QED) is 0.0658. The highest BCUT2D eigenvalue weighted by Gasteiger charge is 2.28. The smallest absolute Gasteiger partial charge is 0.306 e. The number of hydrogen-bond acceptors (Lipinski definition) is 10. The van der Waals surface area contributed by atoms with E-state index in [1.165, 1.54) is 12.2 Å². The molecule has 11 heteroatoms. The first-order valence-corrected chi connectivity index (χ1v) is 15.3. The number of carbonyl (C=O) groups is 3. The van der Waals surface area contributed by atoms with Crippen molar-refractivity contribution in [3.05, 3.63) is 11.9 Å². The summed E-state index contributed by atoms with van der Waals surface area (Å²) in [5, 5.41) is 9.80. The van der Waals surface area contributed by atoms with Gasteiger partial charge in [-0.2, -0.15) is 5.06 Å². The van der Waals surface area contributed by atoms with Gasteiger partial charge in [0.15, 0.2) is 11.9 Å². The van der Waals surface area contributed by atoms with Gasteiger partial charge in [-0.3, -0.25) is 14.4 Å². The number of unbranched alkanes of at least 4 members (excludes halogenated alkanes) is 8. The Bertz CT molecular complexity index is 875. The first-order chi connectivity index (χ1) is 19.6. The Morgan fingerprint density at radius 3 is 2.15 bits per heavy atom. The lowest BCUT2D eigenvalue weighted by molar-refractivity contribution is -0.199. The lowest BCUT2D eigenvalue weighted by Crippen LogP contribution is -2.38. The van der Waals surface area contributed by atoms with Crippen molar-refractivity contribution in [3.8, 4) is 0 Å². The number of Topliss-reactive ketones (excluding diaryl/α,β-unsaturated/α-hetero) is 1. The van der Waals surface area contributed by atoms with Crippen LogP contribution in [0.1, 0.15) is 117 Å². The molecule has 0 fully saturated rings. The Labute approximate surface area is 246 Å². The van der Waals surface area contributed by atoms with Crippen LogP contribution in [0.3, 0.4) is 0 Å². The van der Waals surface area contributed by atoms with E-state index >= 15 is 0 Å². The van der Waals surface area contributed by atoms with Crippen LogP contribution in [-0.2, 0) is 46.4 Å².